The molecule has 0 saturated carbocycles. The van der Waals surface area contributed by atoms with Gasteiger partial charge in [-0.15, -0.1) is 0 Å². The monoisotopic (exact) mass is 149 g/mol. The van der Waals surface area contributed by atoms with Crippen molar-refractivity contribution in [2.24, 2.45) is 0 Å². The van der Waals surface area contributed by atoms with Crippen LogP contribution in [0.4, 0.5) is 0 Å². The maximum Gasteiger partial charge on any atom is -0.0313 e. The van der Waals surface area contributed by atoms with E-state index in [4.69, 9.17) is 0 Å². The molecule has 0 heteroatoms. The van der Waals surface area contributed by atoms with Crippen LogP contribution in [-0.4, -0.2) is 0 Å². The second-order valence-electron chi connectivity index (χ2n) is 2.38. The van der Waals surface area contributed by atoms with Crippen molar-refractivity contribution >= 4 is 0 Å². The Labute approximate surface area is 70.3 Å². The van der Waals surface area contributed by atoms with Gasteiger partial charge >= 0.3 is 0 Å². The first-order valence-corrected chi connectivity index (χ1v) is 4.19. The summed E-state index contributed by atoms with van der Waals surface area (Å²) in [6, 6.07) is 0. The van der Waals surface area contributed by atoms with Gasteiger partial charge in [-0.05, 0) is 13.3 Å². The molecule has 61 valence electrons. The highest BCUT2D eigenvalue weighted by Gasteiger charge is 1.74. The van der Waals surface area contributed by atoms with Crippen LogP contribution in [0.25, 0.3) is 0 Å². The first-order chi connectivity index (χ1) is 5.41. The van der Waals surface area contributed by atoms with Crippen molar-refractivity contribution in [2.45, 2.75) is 26.2 Å². The van der Waals surface area contributed by atoms with Crippen LogP contribution in [0.1, 0.15) is 26.2 Å². The summed E-state index contributed by atoms with van der Waals surface area (Å²) in [6.07, 6.45) is 15.7. The lowest BCUT2D eigenvalue weighted by atomic mass is 10.2. The van der Waals surface area contributed by atoms with Crippen molar-refractivity contribution in [3.63, 3.8) is 0 Å². The van der Waals surface area contributed by atoms with E-state index < -0.39 is 0 Å². The molecule has 0 nitrogen and oxygen atoms in total. The lowest BCUT2D eigenvalue weighted by Crippen LogP contribution is -1.64. The van der Waals surface area contributed by atoms with Crippen molar-refractivity contribution in [1.82, 2.24) is 0 Å². The van der Waals surface area contributed by atoms with E-state index in [0.29, 0.717) is 0 Å². The first kappa shape index (κ1) is 10.2. The van der Waals surface area contributed by atoms with Crippen molar-refractivity contribution in [3.8, 4) is 0 Å². The smallest absolute Gasteiger partial charge is 0.0313 e. The van der Waals surface area contributed by atoms with E-state index in [1.807, 2.05) is 18.2 Å². The van der Waals surface area contributed by atoms with Gasteiger partial charge in [-0.2, -0.15) is 0 Å². The summed E-state index contributed by atoms with van der Waals surface area (Å²) in [7, 11) is 0. The molecule has 11 heavy (non-hydrogen) atoms. The molecule has 0 fully saturated rings. The summed E-state index contributed by atoms with van der Waals surface area (Å²) >= 11 is 0. The normalized spacial score (nSPS) is 12.5. The molecule has 0 heterocycles. The minimum absolute atomic E-state index is 1.19. The van der Waals surface area contributed by atoms with E-state index in [1.54, 1.807) is 6.08 Å². The van der Waals surface area contributed by atoms with E-state index in [-0.39, 0.29) is 0 Å². The largest absolute Gasteiger partial charge is 0.0845 e. The number of hydrogen-bond donors (Lipinski definition) is 0. The first-order valence-electron chi connectivity index (χ1n) is 4.19. The van der Waals surface area contributed by atoms with Gasteiger partial charge in [-0.1, -0.05) is 56.2 Å². The maximum absolute atomic E-state index is 3.58. The van der Waals surface area contributed by atoms with E-state index in [9.17, 15) is 0 Å². The van der Waals surface area contributed by atoms with Crippen molar-refractivity contribution in [2.75, 3.05) is 0 Å². The fourth-order valence-electron chi connectivity index (χ4n) is 0.704. The molecule has 0 aromatic rings. The quantitative estimate of drug-likeness (QED) is 0.413. The number of hydrogen-bond acceptors (Lipinski definition) is 0. The van der Waals surface area contributed by atoms with Crippen LogP contribution in [0.3, 0.4) is 0 Å². The van der Waals surface area contributed by atoms with Crippen LogP contribution in [-0.2, 0) is 0 Å². The van der Waals surface area contributed by atoms with E-state index in [1.165, 1.54) is 19.3 Å². The number of rotatable bonds is 5. The zero-order chi connectivity index (χ0) is 8.36. The summed E-state index contributed by atoms with van der Waals surface area (Å²) in [5, 5.41) is 0. The second kappa shape index (κ2) is 9.22. The van der Waals surface area contributed by atoms with Gasteiger partial charge in [0.1, 0.15) is 0 Å². The molecule has 0 atom stereocenters. The van der Waals surface area contributed by atoms with Crippen LogP contribution in [0.2, 0.25) is 0 Å². The third-order valence-electron chi connectivity index (χ3n) is 1.33. The molecule has 0 aromatic heterocycles. The topological polar surface area (TPSA) is 0 Å². The third-order valence-corrected chi connectivity index (χ3v) is 1.33. The Morgan fingerprint density at radius 1 is 1.09 bits per heavy atom. The van der Waals surface area contributed by atoms with E-state index in [0.717, 1.165) is 0 Å². The highest BCUT2D eigenvalue weighted by molar-refractivity contribution is 5.11. The van der Waals surface area contributed by atoms with Crippen molar-refractivity contribution in [1.29, 1.82) is 0 Å². The average molecular weight is 149 g/mol. The third kappa shape index (κ3) is 9.22. The van der Waals surface area contributed by atoms with Crippen molar-refractivity contribution in [3.05, 3.63) is 43.4 Å². The van der Waals surface area contributed by atoms with Gasteiger partial charge in [-0.3, -0.25) is 0 Å². The average Bonchev–Trinajstić information content (AvgIpc) is 2.03. The van der Waals surface area contributed by atoms with Gasteiger partial charge in [0.2, 0.25) is 0 Å². The predicted molar refractivity (Wildman–Crippen MR) is 52.3 cm³/mol. The fraction of sp³-hybridized carbons (Fsp3) is 0.364. The van der Waals surface area contributed by atoms with Crippen LogP contribution >= 0.6 is 0 Å². The van der Waals surface area contributed by atoms with Crippen LogP contribution in [0, 0.1) is 6.92 Å². The lowest BCUT2D eigenvalue weighted by Gasteiger charge is -1.84. The van der Waals surface area contributed by atoms with Crippen molar-refractivity contribution < 1.29 is 0 Å². The zero-order valence-electron chi connectivity index (χ0n) is 7.29. The second-order valence-corrected chi connectivity index (χ2v) is 2.38. The summed E-state index contributed by atoms with van der Waals surface area (Å²) in [5.41, 5.74) is 0. The molecule has 0 rings (SSSR count). The Bertz CT molecular complexity index is 138. The Kier molecular flexibility index (Phi) is 8.57. The zero-order valence-corrected chi connectivity index (χ0v) is 7.29. The number of allylic oxidation sites excluding steroid dienone is 6. The van der Waals surface area contributed by atoms with Crippen LogP contribution in [0.15, 0.2) is 36.5 Å². The standard InChI is InChI=1S/C11H17/c1-3-5-7-9-11-10-8-6-4-2/h3,5,7,9-11H,1,4,6,8H2,2H3/b5-3+,9-7+,11-10+. The minimum Gasteiger partial charge on any atom is -0.0845 e. The van der Waals surface area contributed by atoms with Gasteiger partial charge in [0.15, 0.2) is 0 Å². The highest BCUT2D eigenvalue weighted by Crippen LogP contribution is 1.94. The molecule has 0 aromatic carbocycles. The summed E-state index contributed by atoms with van der Waals surface area (Å²) in [5.74, 6) is 0. The number of unbranched alkanes of at least 4 members (excludes halogenated alkanes) is 2. The van der Waals surface area contributed by atoms with Crippen LogP contribution in [0.5, 0.6) is 0 Å². The Balaban J connectivity index is 3.28. The van der Waals surface area contributed by atoms with Gasteiger partial charge in [0.25, 0.3) is 0 Å². The molecule has 0 saturated heterocycles. The van der Waals surface area contributed by atoms with E-state index in [2.05, 4.69) is 26.0 Å². The molecule has 0 aliphatic carbocycles. The summed E-state index contributed by atoms with van der Waals surface area (Å²) in [6.45, 7) is 5.78. The maximum atomic E-state index is 3.58. The predicted octanol–water partition coefficient (Wildman–Crippen LogP) is 3.68. The SMILES string of the molecule is [CH2]/C=C/C=C/C=C/CCCC. The Morgan fingerprint density at radius 3 is 2.45 bits per heavy atom. The Hall–Kier alpha value is -0.780. The van der Waals surface area contributed by atoms with Gasteiger partial charge in [0, 0.05) is 0 Å². The molecule has 0 amide bonds. The molecular formula is C11H17. The summed E-state index contributed by atoms with van der Waals surface area (Å²) < 4.78 is 0. The Morgan fingerprint density at radius 2 is 1.82 bits per heavy atom. The molecule has 0 unspecified atom stereocenters. The minimum atomic E-state index is 1.19. The van der Waals surface area contributed by atoms with Gasteiger partial charge in [0.05, 0.1) is 0 Å². The molecule has 0 N–H and O–H groups in total. The molecule has 1 radical (unpaired) electrons. The van der Waals surface area contributed by atoms with Gasteiger partial charge in [-0.25, -0.2) is 0 Å². The molecular weight excluding hydrogens is 132 g/mol. The van der Waals surface area contributed by atoms with Crippen LogP contribution < -0.4 is 0 Å². The molecule has 0 aliphatic heterocycles. The lowest BCUT2D eigenvalue weighted by molar-refractivity contribution is 0.815. The van der Waals surface area contributed by atoms with E-state index >= 15 is 0 Å². The molecule has 0 bridgehead atoms. The highest BCUT2D eigenvalue weighted by atomic mass is 13.8. The molecule has 0 spiro atoms. The van der Waals surface area contributed by atoms with Gasteiger partial charge < -0.3 is 0 Å². The molecule has 0 aliphatic rings. The summed E-state index contributed by atoms with van der Waals surface area (Å²) in [4.78, 5) is 0. The fourth-order valence-corrected chi connectivity index (χ4v) is 0.704.